The molecule has 0 unspecified atom stereocenters. The molecule has 6 rings (SSSR count). The second-order valence-corrected chi connectivity index (χ2v) is 9.90. The van der Waals surface area contributed by atoms with Crippen LogP contribution in [0.2, 0.25) is 0 Å². The molecule has 2 saturated heterocycles. The number of aromatic nitrogens is 2. The highest BCUT2D eigenvalue weighted by Crippen LogP contribution is 2.32. The molecular weight excluding hydrogens is 398 g/mol. The van der Waals surface area contributed by atoms with E-state index in [1.54, 1.807) is 0 Å². The molecule has 0 amide bonds. The number of amidine groups is 1. The summed E-state index contributed by atoms with van der Waals surface area (Å²) in [7, 11) is 0. The number of hydrogen-bond donors (Lipinski definition) is 2. The van der Waals surface area contributed by atoms with Gasteiger partial charge in [-0.3, -0.25) is 9.88 Å². The molecule has 4 heterocycles. The second-order valence-electron chi connectivity index (χ2n) is 9.90. The summed E-state index contributed by atoms with van der Waals surface area (Å²) in [6.45, 7) is 9.86. The molecule has 0 radical (unpaired) electrons. The summed E-state index contributed by atoms with van der Waals surface area (Å²) in [5.41, 5.74) is 12.3. The van der Waals surface area contributed by atoms with Gasteiger partial charge in [0.15, 0.2) is 0 Å². The summed E-state index contributed by atoms with van der Waals surface area (Å²) < 4.78 is 0. The SMILES string of the molecule is CC1(C)CN(C2CN(c3cnc4ccc(-c5ccc6c(c5)N=C(N)C6)cc4n3)C2)CCN1. The Kier molecular flexibility index (Phi) is 4.45. The van der Waals surface area contributed by atoms with E-state index in [0.717, 1.165) is 72.8 Å². The Morgan fingerprint density at radius 1 is 1.06 bits per heavy atom. The highest BCUT2D eigenvalue weighted by molar-refractivity contribution is 5.92. The maximum atomic E-state index is 5.90. The van der Waals surface area contributed by atoms with Gasteiger partial charge in [0, 0.05) is 50.7 Å². The zero-order chi connectivity index (χ0) is 21.9. The van der Waals surface area contributed by atoms with Crippen LogP contribution in [0.15, 0.2) is 47.6 Å². The number of rotatable bonds is 3. The van der Waals surface area contributed by atoms with Crippen molar-refractivity contribution in [2.75, 3.05) is 37.6 Å². The fraction of sp³-hybridized carbons (Fsp3) is 0.400. The first-order chi connectivity index (χ1) is 15.4. The smallest absolute Gasteiger partial charge is 0.147 e. The largest absolute Gasteiger partial charge is 0.387 e. The van der Waals surface area contributed by atoms with Crippen LogP contribution in [0.5, 0.6) is 0 Å². The number of hydrogen-bond acceptors (Lipinski definition) is 7. The molecule has 0 aliphatic carbocycles. The van der Waals surface area contributed by atoms with E-state index in [9.17, 15) is 0 Å². The highest BCUT2D eigenvalue weighted by atomic mass is 15.4. The van der Waals surface area contributed by atoms with Crippen molar-refractivity contribution in [3.8, 4) is 11.1 Å². The van der Waals surface area contributed by atoms with Crippen LogP contribution in [-0.4, -0.2) is 65.0 Å². The first-order valence-electron chi connectivity index (χ1n) is 11.4. The Labute approximate surface area is 188 Å². The van der Waals surface area contributed by atoms with Crippen molar-refractivity contribution in [3.05, 3.63) is 48.2 Å². The normalized spacial score (nSPS) is 20.8. The maximum absolute atomic E-state index is 5.90. The van der Waals surface area contributed by atoms with Crippen LogP contribution in [0.3, 0.4) is 0 Å². The maximum Gasteiger partial charge on any atom is 0.147 e. The molecule has 1 aromatic heterocycles. The topological polar surface area (TPSA) is 82.7 Å². The minimum absolute atomic E-state index is 0.187. The Morgan fingerprint density at radius 2 is 1.88 bits per heavy atom. The predicted molar refractivity (Wildman–Crippen MR) is 130 cm³/mol. The molecule has 32 heavy (non-hydrogen) atoms. The van der Waals surface area contributed by atoms with Crippen molar-refractivity contribution in [2.24, 2.45) is 10.7 Å². The standard InChI is InChI=1S/C25H29N7/c1-25(2)15-31(8-7-28-25)19-13-32(14-19)24-12-27-20-6-5-17(10-22(20)30-24)16-3-4-18-11-23(26)29-21(18)9-16/h3-6,9-10,12,19,28H,7-8,11,13-15H2,1-2H3,(H2,26,29). The molecule has 3 N–H and O–H groups in total. The van der Waals surface area contributed by atoms with Crippen molar-refractivity contribution in [1.29, 1.82) is 0 Å². The van der Waals surface area contributed by atoms with E-state index in [2.05, 4.69) is 69.3 Å². The molecule has 0 saturated carbocycles. The summed E-state index contributed by atoms with van der Waals surface area (Å²) in [5, 5.41) is 3.60. The first kappa shape index (κ1) is 19.6. The van der Waals surface area contributed by atoms with Gasteiger partial charge < -0.3 is 16.0 Å². The van der Waals surface area contributed by atoms with E-state index < -0.39 is 0 Å². The highest BCUT2D eigenvalue weighted by Gasteiger charge is 2.37. The third-order valence-corrected chi connectivity index (χ3v) is 6.89. The zero-order valence-electron chi connectivity index (χ0n) is 18.7. The number of nitrogens with one attached hydrogen (secondary N) is 1. The van der Waals surface area contributed by atoms with E-state index in [1.165, 1.54) is 5.56 Å². The predicted octanol–water partition coefficient (Wildman–Crippen LogP) is 2.71. The molecule has 3 aromatic rings. The second kappa shape index (κ2) is 7.25. The number of anilines is 1. The van der Waals surface area contributed by atoms with Crippen molar-refractivity contribution in [1.82, 2.24) is 20.2 Å². The van der Waals surface area contributed by atoms with Crippen LogP contribution >= 0.6 is 0 Å². The van der Waals surface area contributed by atoms with Crippen molar-refractivity contribution in [2.45, 2.75) is 31.8 Å². The molecule has 2 fully saturated rings. The third-order valence-electron chi connectivity index (χ3n) is 6.89. The van der Waals surface area contributed by atoms with Gasteiger partial charge in [-0.15, -0.1) is 0 Å². The van der Waals surface area contributed by atoms with E-state index in [0.29, 0.717) is 11.9 Å². The van der Waals surface area contributed by atoms with Crippen LogP contribution in [-0.2, 0) is 6.42 Å². The van der Waals surface area contributed by atoms with Gasteiger partial charge in [-0.05, 0) is 48.7 Å². The average Bonchev–Trinajstić information content (AvgIpc) is 3.10. The van der Waals surface area contributed by atoms with Crippen LogP contribution in [0.25, 0.3) is 22.2 Å². The van der Waals surface area contributed by atoms with Crippen LogP contribution in [0.1, 0.15) is 19.4 Å². The summed E-state index contributed by atoms with van der Waals surface area (Å²) in [4.78, 5) is 19.1. The molecule has 3 aliphatic heterocycles. The average molecular weight is 428 g/mol. The number of aliphatic imine (C=N–C) groups is 1. The Hall–Kier alpha value is -3.03. The molecule has 3 aliphatic rings. The lowest BCUT2D eigenvalue weighted by molar-refractivity contribution is 0.0928. The Balaban J connectivity index is 1.22. The van der Waals surface area contributed by atoms with Crippen molar-refractivity contribution < 1.29 is 0 Å². The van der Waals surface area contributed by atoms with Gasteiger partial charge in [-0.25, -0.2) is 9.98 Å². The summed E-state index contributed by atoms with van der Waals surface area (Å²) in [6, 6.07) is 13.3. The van der Waals surface area contributed by atoms with Gasteiger partial charge in [0.1, 0.15) is 11.7 Å². The molecule has 0 atom stereocenters. The van der Waals surface area contributed by atoms with Gasteiger partial charge >= 0.3 is 0 Å². The number of fused-ring (bicyclic) bond motifs is 2. The lowest BCUT2D eigenvalue weighted by atomic mass is 9.98. The van der Waals surface area contributed by atoms with Crippen molar-refractivity contribution >= 4 is 28.4 Å². The first-order valence-corrected chi connectivity index (χ1v) is 11.4. The van der Waals surface area contributed by atoms with E-state index in [1.807, 2.05) is 12.3 Å². The number of piperazine rings is 1. The number of nitrogens with zero attached hydrogens (tertiary/aromatic N) is 5. The molecule has 0 bridgehead atoms. The van der Waals surface area contributed by atoms with Gasteiger partial charge in [-0.2, -0.15) is 0 Å². The van der Waals surface area contributed by atoms with Gasteiger partial charge in [0.25, 0.3) is 0 Å². The van der Waals surface area contributed by atoms with Gasteiger partial charge in [-0.1, -0.05) is 18.2 Å². The Morgan fingerprint density at radius 3 is 2.72 bits per heavy atom. The van der Waals surface area contributed by atoms with Gasteiger partial charge in [0.2, 0.25) is 0 Å². The zero-order valence-corrected chi connectivity index (χ0v) is 18.7. The number of nitrogens with two attached hydrogens (primary N) is 1. The molecular formula is C25H29N7. The minimum Gasteiger partial charge on any atom is -0.387 e. The molecule has 2 aromatic carbocycles. The van der Waals surface area contributed by atoms with Gasteiger partial charge in [0.05, 0.1) is 22.9 Å². The van der Waals surface area contributed by atoms with Crippen molar-refractivity contribution in [3.63, 3.8) is 0 Å². The molecule has 7 nitrogen and oxygen atoms in total. The monoisotopic (exact) mass is 427 g/mol. The molecule has 7 heteroatoms. The lowest BCUT2D eigenvalue weighted by Gasteiger charge is -2.50. The van der Waals surface area contributed by atoms with E-state index in [4.69, 9.17) is 10.7 Å². The lowest BCUT2D eigenvalue weighted by Crippen LogP contribution is -2.67. The fourth-order valence-electron chi connectivity index (χ4n) is 5.09. The summed E-state index contributed by atoms with van der Waals surface area (Å²) in [6.07, 6.45) is 2.65. The van der Waals surface area contributed by atoms with E-state index >= 15 is 0 Å². The quantitative estimate of drug-likeness (QED) is 0.669. The number of benzene rings is 2. The molecule has 164 valence electrons. The third kappa shape index (κ3) is 3.51. The van der Waals surface area contributed by atoms with Crippen LogP contribution in [0, 0.1) is 0 Å². The summed E-state index contributed by atoms with van der Waals surface area (Å²) in [5.74, 6) is 1.65. The van der Waals surface area contributed by atoms with Crippen LogP contribution < -0.4 is 16.0 Å². The molecule has 0 spiro atoms. The summed E-state index contributed by atoms with van der Waals surface area (Å²) >= 11 is 0. The Bertz CT molecular complexity index is 1230. The minimum atomic E-state index is 0.187. The van der Waals surface area contributed by atoms with Crippen LogP contribution in [0.4, 0.5) is 11.5 Å². The van der Waals surface area contributed by atoms with E-state index in [-0.39, 0.29) is 5.54 Å². The fourth-order valence-corrected chi connectivity index (χ4v) is 5.09.